The number of hydrogen-bond acceptors (Lipinski definition) is 5. The summed E-state index contributed by atoms with van der Waals surface area (Å²) in [5.74, 6) is -0.261. The Hall–Kier alpha value is -1.32. The molecule has 0 unspecified atom stereocenters. The summed E-state index contributed by atoms with van der Waals surface area (Å²) in [6.07, 6.45) is 0.782. The molecule has 0 amide bonds. The molecule has 10 heteroatoms. The Kier molecular flexibility index (Phi) is 6.84. The first-order chi connectivity index (χ1) is 10.6. The fraction of sp³-hybridized carbons (Fsp3) is 0.462. The second kappa shape index (κ2) is 7.98. The molecular formula is C13H19ClN2O5S2. The lowest BCUT2D eigenvalue weighted by Crippen LogP contribution is -2.20. The molecule has 0 bridgehead atoms. The van der Waals surface area contributed by atoms with E-state index in [1.54, 1.807) is 13.8 Å². The van der Waals surface area contributed by atoms with Gasteiger partial charge in [-0.15, -0.1) is 0 Å². The summed E-state index contributed by atoms with van der Waals surface area (Å²) in [4.78, 5) is 11.7. The highest BCUT2D eigenvalue weighted by Gasteiger charge is 2.21. The standard InChI is InChI=1S/C13H19ClN2O5S2/c1-3-8-22(18,19)15-10-6-5-7-11(12(10)13(14)17)16-23(20,21)9-4-2/h5-7,15-16H,3-4,8-9H2,1-2H3. The molecule has 0 heterocycles. The van der Waals surface area contributed by atoms with Crippen LogP contribution in [0.3, 0.4) is 0 Å². The quantitative estimate of drug-likeness (QED) is 0.637. The van der Waals surface area contributed by atoms with Crippen LogP contribution in [0, 0.1) is 0 Å². The highest BCUT2D eigenvalue weighted by atomic mass is 35.5. The van der Waals surface area contributed by atoms with Crippen molar-refractivity contribution in [1.82, 2.24) is 0 Å². The third kappa shape index (κ3) is 6.00. The summed E-state index contributed by atoms with van der Waals surface area (Å²) in [5, 5.41) is -0.964. The van der Waals surface area contributed by atoms with Gasteiger partial charge in [0, 0.05) is 0 Å². The second-order valence-electron chi connectivity index (χ2n) is 4.84. The highest BCUT2D eigenvalue weighted by Crippen LogP contribution is 2.28. The topological polar surface area (TPSA) is 109 Å². The number of anilines is 2. The molecule has 0 aromatic heterocycles. The molecule has 2 N–H and O–H groups in total. The molecule has 7 nitrogen and oxygen atoms in total. The van der Waals surface area contributed by atoms with Crippen molar-refractivity contribution >= 4 is 48.3 Å². The van der Waals surface area contributed by atoms with E-state index in [0.29, 0.717) is 12.8 Å². The van der Waals surface area contributed by atoms with Crippen molar-refractivity contribution in [2.45, 2.75) is 26.7 Å². The summed E-state index contributed by atoms with van der Waals surface area (Å²) >= 11 is 5.52. The minimum atomic E-state index is -3.65. The molecule has 23 heavy (non-hydrogen) atoms. The van der Waals surface area contributed by atoms with E-state index in [4.69, 9.17) is 11.6 Å². The molecule has 1 aromatic carbocycles. The van der Waals surface area contributed by atoms with Crippen LogP contribution in [-0.4, -0.2) is 33.6 Å². The molecule has 0 saturated carbocycles. The molecule has 0 aliphatic rings. The summed E-state index contributed by atoms with van der Waals surface area (Å²) in [6, 6.07) is 4.12. The van der Waals surface area contributed by atoms with Gasteiger partial charge in [0.25, 0.3) is 5.24 Å². The van der Waals surface area contributed by atoms with Gasteiger partial charge in [0.05, 0.1) is 28.4 Å². The minimum absolute atomic E-state index is 0.0600. The molecule has 1 aromatic rings. The summed E-state index contributed by atoms with van der Waals surface area (Å²) in [5.41, 5.74) is -0.348. The maximum atomic E-state index is 11.9. The average molecular weight is 383 g/mol. The maximum absolute atomic E-state index is 11.9. The molecule has 0 spiro atoms. The fourth-order valence-corrected chi connectivity index (χ4v) is 4.40. The third-order valence-corrected chi connectivity index (χ3v) is 5.88. The number of carbonyl (C=O) groups is 1. The van der Waals surface area contributed by atoms with Gasteiger partial charge in [0.1, 0.15) is 0 Å². The van der Waals surface area contributed by atoms with Gasteiger partial charge in [-0.05, 0) is 36.6 Å². The van der Waals surface area contributed by atoms with Gasteiger partial charge in [0.2, 0.25) is 20.0 Å². The SMILES string of the molecule is CCCS(=O)(=O)Nc1cccc(NS(=O)(=O)CCC)c1C(=O)Cl. The largest absolute Gasteiger partial charge is 0.283 e. The zero-order valence-electron chi connectivity index (χ0n) is 12.8. The second-order valence-corrected chi connectivity index (χ2v) is 8.87. The van der Waals surface area contributed by atoms with Gasteiger partial charge in [0.15, 0.2) is 0 Å². The molecule has 1 rings (SSSR count). The van der Waals surface area contributed by atoms with Crippen molar-refractivity contribution in [3.05, 3.63) is 23.8 Å². The Morgan fingerprint density at radius 2 is 1.35 bits per heavy atom. The Bertz CT molecular complexity index is 719. The molecule has 0 saturated heterocycles. The first-order valence-corrected chi connectivity index (χ1v) is 10.6. The fourth-order valence-electron chi connectivity index (χ4n) is 1.91. The van der Waals surface area contributed by atoms with Crippen molar-refractivity contribution in [2.75, 3.05) is 20.9 Å². The number of carbonyl (C=O) groups excluding carboxylic acids is 1. The normalized spacial score (nSPS) is 12.0. The zero-order valence-corrected chi connectivity index (χ0v) is 15.2. The van der Waals surface area contributed by atoms with Crippen LogP contribution < -0.4 is 9.44 Å². The Morgan fingerprint density at radius 1 is 0.957 bits per heavy atom. The predicted octanol–water partition coefficient (Wildman–Crippen LogP) is 2.37. The number of benzene rings is 1. The van der Waals surface area contributed by atoms with Gasteiger partial charge in [-0.1, -0.05) is 19.9 Å². The monoisotopic (exact) mass is 382 g/mol. The number of sulfonamides is 2. The number of halogens is 1. The molecule has 0 fully saturated rings. The van der Waals surface area contributed by atoms with Gasteiger partial charge in [-0.25, -0.2) is 16.8 Å². The van der Waals surface area contributed by atoms with E-state index in [0.717, 1.165) is 0 Å². The first-order valence-electron chi connectivity index (χ1n) is 6.95. The minimum Gasteiger partial charge on any atom is -0.283 e. The van der Waals surface area contributed by atoms with Gasteiger partial charge < -0.3 is 0 Å². The molecule has 0 atom stereocenters. The van der Waals surface area contributed by atoms with Crippen LogP contribution in [0.4, 0.5) is 11.4 Å². The number of nitrogens with one attached hydrogen (secondary N) is 2. The van der Waals surface area contributed by atoms with E-state index in [2.05, 4.69) is 9.44 Å². The van der Waals surface area contributed by atoms with Crippen molar-refractivity contribution < 1.29 is 21.6 Å². The molecule has 0 aliphatic carbocycles. The van der Waals surface area contributed by atoms with Gasteiger partial charge in [-0.2, -0.15) is 0 Å². The Morgan fingerprint density at radius 3 is 1.65 bits per heavy atom. The van der Waals surface area contributed by atoms with Crippen LogP contribution in [0.25, 0.3) is 0 Å². The number of rotatable bonds is 9. The lowest BCUT2D eigenvalue weighted by Gasteiger charge is -2.15. The Labute approximate surface area is 141 Å². The van der Waals surface area contributed by atoms with E-state index in [1.165, 1.54) is 18.2 Å². The Balaban J connectivity index is 3.30. The van der Waals surface area contributed by atoms with Crippen molar-refractivity contribution in [1.29, 1.82) is 0 Å². The maximum Gasteiger partial charge on any atom is 0.256 e. The van der Waals surface area contributed by atoms with Crippen LogP contribution in [0.15, 0.2) is 18.2 Å². The van der Waals surface area contributed by atoms with Crippen LogP contribution in [0.1, 0.15) is 37.0 Å². The van der Waals surface area contributed by atoms with E-state index < -0.39 is 25.3 Å². The zero-order chi connectivity index (χ0) is 17.7. The van der Waals surface area contributed by atoms with Gasteiger partial charge >= 0.3 is 0 Å². The first kappa shape index (κ1) is 19.7. The predicted molar refractivity (Wildman–Crippen MR) is 92.0 cm³/mol. The van der Waals surface area contributed by atoms with Gasteiger partial charge in [-0.3, -0.25) is 14.2 Å². The van der Waals surface area contributed by atoms with Crippen LogP contribution in [0.5, 0.6) is 0 Å². The number of hydrogen-bond donors (Lipinski definition) is 2. The smallest absolute Gasteiger partial charge is 0.256 e. The van der Waals surface area contributed by atoms with Crippen LogP contribution in [-0.2, 0) is 20.0 Å². The van der Waals surface area contributed by atoms with Crippen molar-refractivity contribution in [2.24, 2.45) is 0 Å². The molecule has 0 radical (unpaired) electrons. The van der Waals surface area contributed by atoms with Crippen molar-refractivity contribution in [3.8, 4) is 0 Å². The van der Waals surface area contributed by atoms with E-state index in [9.17, 15) is 21.6 Å². The van der Waals surface area contributed by atoms with Crippen LogP contribution in [0.2, 0.25) is 0 Å². The highest BCUT2D eigenvalue weighted by molar-refractivity contribution is 7.93. The van der Waals surface area contributed by atoms with E-state index >= 15 is 0 Å². The lowest BCUT2D eigenvalue weighted by molar-refractivity contribution is 0.108. The van der Waals surface area contributed by atoms with Crippen molar-refractivity contribution in [3.63, 3.8) is 0 Å². The average Bonchev–Trinajstić information content (AvgIpc) is 2.36. The summed E-state index contributed by atoms with van der Waals surface area (Å²) in [6.45, 7) is 3.39. The van der Waals surface area contributed by atoms with Crippen LogP contribution >= 0.6 is 11.6 Å². The molecular weight excluding hydrogens is 364 g/mol. The molecule has 0 aliphatic heterocycles. The molecule has 130 valence electrons. The third-order valence-electron chi connectivity index (χ3n) is 2.74. The summed E-state index contributed by atoms with van der Waals surface area (Å²) in [7, 11) is -7.30. The summed E-state index contributed by atoms with van der Waals surface area (Å²) < 4.78 is 52.0. The lowest BCUT2D eigenvalue weighted by atomic mass is 10.1. The van der Waals surface area contributed by atoms with E-state index in [-0.39, 0.29) is 28.4 Å². The van der Waals surface area contributed by atoms with E-state index in [1.807, 2.05) is 0 Å².